The summed E-state index contributed by atoms with van der Waals surface area (Å²) in [6.45, 7) is 2.22. The van der Waals surface area contributed by atoms with E-state index < -0.39 is 5.54 Å². The summed E-state index contributed by atoms with van der Waals surface area (Å²) in [5.41, 5.74) is 1.92. The fourth-order valence-electron chi connectivity index (χ4n) is 3.47. The van der Waals surface area contributed by atoms with Crippen molar-refractivity contribution in [3.63, 3.8) is 0 Å². The van der Waals surface area contributed by atoms with Crippen molar-refractivity contribution in [3.05, 3.63) is 71.6 Å². The Morgan fingerprint density at radius 1 is 1.28 bits per heavy atom. The molecule has 0 saturated heterocycles. The highest BCUT2D eigenvalue weighted by atomic mass is 127. The monoisotopic (exact) mass is 615 g/mol. The van der Waals surface area contributed by atoms with E-state index >= 15 is 0 Å². The molecule has 0 aliphatic carbocycles. The second-order valence-electron chi connectivity index (χ2n) is 8.15. The third kappa shape index (κ3) is 5.73. The number of aliphatic hydroxyl groups excluding tert-OH is 1. The number of aromatic nitrogens is 3. The Hall–Kier alpha value is -3.33. The van der Waals surface area contributed by atoms with Crippen molar-refractivity contribution in [2.45, 2.75) is 19.0 Å². The van der Waals surface area contributed by atoms with E-state index in [4.69, 9.17) is 22.8 Å². The van der Waals surface area contributed by atoms with E-state index in [1.54, 1.807) is 43.3 Å². The molecule has 4 aromatic rings. The van der Waals surface area contributed by atoms with Gasteiger partial charge in [0.15, 0.2) is 5.82 Å². The molecule has 3 N–H and O–H groups in total. The molecule has 4 rings (SSSR count). The van der Waals surface area contributed by atoms with Crippen molar-refractivity contribution < 1.29 is 14.6 Å². The van der Waals surface area contributed by atoms with E-state index in [-0.39, 0.29) is 12.5 Å². The number of carbonyl (C=O) groups is 1. The number of carbonyl (C=O) groups excluding carboxylic acids is 1. The van der Waals surface area contributed by atoms with Crippen molar-refractivity contribution >= 4 is 62.6 Å². The van der Waals surface area contributed by atoms with Crippen molar-refractivity contribution in [2.75, 3.05) is 16.4 Å². The van der Waals surface area contributed by atoms with Crippen LogP contribution in [-0.2, 0) is 6.54 Å². The number of anilines is 2. The number of hydrogen-bond acceptors (Lipinski definition) is 6. The lowest BCUT2D eigenvalue weighted by atomic mass is 10.1. The van der Waals surface area contributed by atoms with Gasteiger partial charge in [0.1, 0.15) is 28.9 Å². The van der Waals surface area contributed by atoms with Gasteiger partial charge in [0.2, 0.25) is 0 Å². The molecular formula is C26H23ClIN5O3. The molecule has 1 atom stereocenters. The zero-order valence-corrected chi connectivity index (χ0v) is 22.2. The molecule has 2 heterocycles. The number of aliphatic hydroxyl groups is 1. The average Bonchev–Trinajstić information content (AvgIpc) is 3.30. The zero-order valence-electron chi connectivity index (χ0n) is 19.3. The minimum Gasteiger partial charge on any atom is -0.456 e. The van der Waals surface area contributed by atoms with Crippen molar-refractivity contribution in [2.24, 2.45) is 0 Å². The summed E-state index contributed by atoms with van der Waals surface area (Å²) >= 11 is 8.65. The van der Waals surface area contributed by atoms with Gasteiger partial charge in [-0.1, -0.05) is 46.2 Å². The van der Waals surface area contributed by atoms with Gasteiger partial charge in [-0.25, -0.2) is 9.97 Å². The summed E-state index contributed by atoms with van der Waals surface area (Å²) in [6.07, 6.45) is 8.89. The van der Waals surface area contributed by atoms with Crippen LogP contribution < -0.4 is 15.4 Å². The molecule has 0 radical (unpaired) electrons. The number of nitrogens with one attached hydrogen (secondary N) is 2. The Kier molecular flexibility index (Phi) is 7.98. The maximum absolute atomic E-state index is 12.7. The molecule has 0 spiro atoms. The first-order valence-electron chi connectivity index (χ1n) is 11.0. The number of benzene rings is 2. The number of ether oxygens (including phenoxy) is 1. The zero-order chi connectivity index (χ0) is 25.7. The van der Waals surface area contributed by atoms with E-state index in [0.29, 0.717) is 44.6 Å². The van der Waals surface area contributed by atoms with Gasteiger partial charge in [-0.15, -0.1) is 6.42 Å². The van der Waals surface area contributed by atoms with E-state index in [9.17, 15) is 9.90 Å². The number of amides is 1. The molecule has 0 fully saturated rings. The van der Waals surface area contributed by atoms with Gasteiger partial charge in [-0.2, -0.15) is 0 Å². The lowest BCUT2D eigenvalue weighted by Crippen LogP contribution is -2.46. The van der Waals surface area contributed by atoms with Crippen LogP contribution in [0.15, 0.2) is 61.1 Å². The van der Waals surface area contributed by atoms with Gasteiger partial charge in [0.25, 0.3) is 5.91 Å². The number of alkyl halides is 1. The van der Waals surface area contributed by atoms with Crippen LogP contribution in [0, 0.1) is 12.3 Å². The average molecular weight is 616 g/mol. The number of rotatable bonds is 9. The molecule has 1 unspecified atom stereocenters. The van der Waals surface area contributed by atoms with Crippen LogP contribution in [0.3, 0.4) is 0 Å². The van der Waals surface area contributed by atoms with Crippen molar-refractivity contribution in [1.29, 1.82) is 0 Å². The quantitative estimate of drug-likeness (QED) is 0.137. The van der Waals surface area contributed by atoms with Gasteiger partial charge in [-0.3, -0.25) is 4.79 Å². The summed E-state index contributed by atoms with van der Waals surface area (Å²) in [5, 5.41) is 15.8. The summed E-state index contributed by atoms with van der Waals surface area (Å²) in [7, 11) is 0. The lowest BCUT2D eigenvalue weighted by Gasteiger charge is -2.22. The molecular weight excluding hydrogens is 593 g/mol. The van der Waals surface area contributed by atoms with Crippen LogP contribution in [0.4, 0.5) is 11.5 Å². The molecule has 184 valence electrons. The minimum atomic E-state index is -0.740. The summed E-state index contributed by atoms with van der Waals surface area (Å²) in [6, 6.07) is 13.9. The topological polar surface area (TPSA) is 101 Å². The van der Waals surface area contributed by atoms with E-state index in [0.717, 1.165) is 11.0 Å². The standard InChI is InChI=1S/C26H23ClIN5O3/c1-3-26(2,15-28)32-25(35)17-5-4-6-19(13-17)36-22-8-7-18(14-20(22)27)31-24-23-21(29-16-30-24)9-10-33(23)11-12-34/h1,4-10,13-14,16,34H,11-12,15H2,2H3,(H,32,35)(H,29,30,31). The van der Waals surface area contributed by atoms with Crippen LogP contribution in [0.25, 0.3) is 11.0 Å². The molecule has 0 aliphatic heterocycles. The number of terminal acetylenes is 1. The second kappa shape index (κ2) is 11.2. The van der Waals surface area contributed by atoms with Crippen LogP contribution in [0.1, 0.15) is 17.3 Å². The Morgan fingerprint density at radius 2 is 2.11 bits per heavy atom. The smallest absolute Gasteiger partial charge is 0.252 e. The number of nitrogens with zero attached hydrogens (tertiary/aromatic N) is 3. The maximum atomic E-state index is 12.7. The highest BCUT2D eigenvalue weighted by Crippen LogP contribution is 2.33. The Morgan fingerprint density at radius 3 is 2.83 bits per heavy atom. The first-order valence-corrected chi connectivity index (χ1v) is 12.9. The van der Waals surface area contributed by atoms with Gasteiger partial charge in [0.05, 0.1) is 17.1 Å². The van der Waals surface area contributed by atoms with E-state index in [2.05, 4.69) is 49.1 Å². The van der Waals surface area contributed by atoms with Gasteiger partial charge < -0.3 is 25.0 Å². The van der Waals surface area contributed by atoms with Crippen LogP contribution >= 0.6 is 34.2 Å². The molecule has 0 saturated carbocycles. The molecule has 10 heteroatoms. The summed E-state index contributed by atoms with van der Waals surface area (Å²) in [5.74, 6) is 3.81. The lowest BCUT2D eigenvalue weighted by molar-refractivity contribution is 0.0931. The third-order valence-corrected chi connectivity index (χ3v) is 7.21. The number of halogens is 2. The molecule has 0 bridgehead atoms. The summed E-state index contributed by atoms with van der Waals surface area (Å²) in [4.78, 5) is 21.3. The molecule has 2 aromatic heterocycles. The molecule has 1 amide bonds. The minimum absolute atomic E-state index is 0.000329. The second-order valence-corrected chi connectivity index (χ2v) is 9.32. The predicted octanol–water partition coefficient (Wildman–Crippen LogP) is 5.17. The molecule has 2 aromatic carbocycles. The fourth-order valence-corrected chi connectivity index (χ4v) is 4.10. The van der Waals surface area contributed by atoms with Gasteiger partial charge in [0, 0.05) is 28.4 Å². The van der Waals surface area contributed by atoms with Crippen LogP contribution in [0.5, 0.6) is 11.5 Å². The Balaban J connectivity index is 1.52. The summed E-state index contributed by atoms with van der Waals surface area (Å²) < 4.78 is 8.42. The first-order chi connectivity index (χ1) is 17.4. The first kappa shape index (κ1) is 25.8. The maximum Gasteiger partial charge on any atom is 0.252 e. The van der Waals surface area contributed by atoms with Gasteiger partial charge in [-0.05, 0) is 49.4 Å². The number of fused-ring (bicyclic) bond motifs is 1. The SMILES string of the molecule is C#CC(C)(CI)NC(=O)c1cccc(Oc2ccc(Nc3ncnc4ccn(CCO)c34)cc2Cl)c1. The predicted molar refractivity (Wildman–Crippen MR) is 149 cm³/mol. The molecule has 36 heavy (non-hydrogen) atoms. The van der Waals surface area contributed by atoms with Crippen LogP contribution in [0.2, 0.25) is 5.02 Å². The Bertz CT molecular complexity index is 1450. The number of hydrogen-bond donors (Lipinski definition) is 3. The molecule has 8 nitrogen and oxygen atoms in total. The Labute approximate surface area is 227 Å². The fraction of sp³-hybridized carbons (Fsp3) is 0.192. The highest BCUT2D eigenvalue weighted by Gasteiger charge is 2.23. The normalized spacial score (nSPS) is 12.5. The third-order valence-electron chi connectivity index (χ3n) is 5.38. The largest absolute Gasteiger partial charge is 0.456 e. The van der Waals surface area contributed by atoms with Gasteiger partial charge >= 0.3 is 0 Å². The highest BCUT2D eigenvalue weighted by molar-refractivity contribution is 14.1. The molecule has 0 aliphatic rings. The van der Waals surface area contributed by atoms with Crippen LogP contribution in [-0.4, -0.2) is 42.1 Å². The van der Waals surface area contributed by atoms with E-state index in [1.165, 1.54) is 6.33 Å². The van der Waals surface area contributed by atoms with Crippen molar-refractivity contribution in [1.82, 2.24) is 19.9 Å². The van der Waals surface area contributed by atoms with Crippen molar-refractivity contribution in [3.8, 4) is 23.8 Å². The van der Waals surface area contributed by atoms with E-state index in [1.807, 2.05) is 22.9 Å².